The summed E-state index contributed by atoms with van der Waals surface area (Å²) in [4.78, 5) is 0. The Bertz CT molecular complexity index is 416. The van der Waals surface area contributed by atoms with Gasteiger partial charge in [0, 0.05) is 11.1 Å². The molecule has 1 aromatic carbocycles. The number of aliphatic hydroxyl groups is 1. The lowest BCUT2D eigenvalue weighted by Gasteiger charge is -2.46. The quantitative estimate of drug-likeness (QED) is 0.781. The van der Waals surface area contributed by atoms with Gasteiger partial charge in [0.1, 0.15) is 0 Å². The second-order valence-corrected chi connectivity index (χ2v) is 5.60. The molecule has 17 heavy (non-hydrogen) atoms. The predicted octanol–water partition coefficient (Wildman–Crippen LogP) is 1.93. The highest BCUT2D eigenvalue weighted by molar-refractivity contribution is 5.27. The number of ether oxygens (including phenoxy) is 1. The van der Waals surface area contributed by atoms with Crippen LogP contribution in [0.4, 0.5) is 0 Å². The first-order valence-corrected chi connectivity index (χ1v) is 6.05. The van der Waals surface area contributed by atoms with Crippen LogP contribution in [0.25, 0.3) is 0 Å². The largest absolute Gasteiger partial charge is 0.361 e. The minimum Gasteiger partial charge on any atom is -0.361 e. The van der Waals surface area contributed by atoms with E-state index in [9.17, 15) is 5.11 Å². The predicted molar refractivity (Wildman–Crippen MR) is 67.7 cm³/mol. The van der Waals surface area contributed by atoms with Gasteiger partial charge in [-0.15, -0.1) is 0 Å². The van der Waals surface area contributed by atoms with Crippen molar-refractivity contribution in [2.24, 2.45) is 0 Å². The lowest BCUT2D eigenvalue weighted by molar-refractivity contribution is -0.263. The summed E-state index contributed by atoms with van der Waals surface area (Å²) in [6.45, 7) is 8.58. The summed E-state index contributed by atoms with van der Waals surface area (Å²) in [5.41, 5.74) is 1.83. The molecule has 1 unspecified atom stereocenters. The molecule has 0 spiro atoms. The van der Waals surface area contributed by atoms with E-state index < -0.39 is 5.79 Å². The van der Waals surface area contributed by atoms with Gasteiger partial charge in [0.2, 0.25) is 5.79 Å². The van der Waals surface area contributed by atoms with E-state index in [4.69, 9.17) is 4.74 Å². The standard InChI is InChI=1S/C14H21NO2/c1-10-6-5-7-12(8-10)14(16)11(2)15-13(3,4)9-17-14/h5-8,11,15-16H,9H2,1-4H3/t11?,14-/m0/s1. The van der Waals surface area contributed by atoms with E-state index in [-0.39, 0.29) is 11.6 Å². The third-order valence-corrected chi connectivity index (χ3v) is 3.28. The van der Waals surface area contributed by atoms with Crippen molar-refractivity contribution in [3.8, 4) is 0 Å². The maximum absolute atomic E-state index is 10.7. The highest BCUT2D eigenvalue weighted by Crippen LogP contribution is 2.32. The molecule has 1 aromatic rings. The Morgan fingerprint density at radius 1 is 1.41 bits per heavy atom. The Morgan fingerprint density at radius 2 is 2.12 bits per heavy atom. The number of hydrogen-bond donors (Lipinski definition) is 2. The summed E-state index contributed by atoms with van der Waals surface area (Å²) in [7, 11) is 0. The van der Waals surface area contributed by atoms with E-state index in [1.165, 1.54) is 0 Å². The highest BCUT2D eigenvalue weighted by Gasteiger charge is 2.44. The first kappa shape index (κ1) is 12.6. The van der Waals surface area contributed by atoms with E-state index in [0.29, 0.717) is 6.61 Å². The van der Waals surface area contributed by atoms with Gasteiger partial charge in [-0.2, -0.15) is 0 Å². The van der Waals surface area contributed by atoms with Crippen molar-refractivity contribution in [3.63, 3.8) is 0 Å². The molecule has 0 saturated carbocycles. The summed E-state index contributed by atoms with van der Waals surface area (Å²) in [6, 6.07) is 7.68. The van der Waals surface area contributed by atoms with E-state index in [1.54, 1.807) is 0 Å². The molecule has 3 nitrogen and oxygen atoms in total. The minimum absolute atomic E-state index is 0.102. The molecule has 1 aliphatic rings. The molecular weight excluding hydrogens is 214 g/mol. The number of rotatable bonds is 1. The molecule has 1 fully saturated rings. The molecule has 1 saturated heterocycles. The summed E-state index contributed by atoms with van der Waals surface area (Å²) in [5, 5.41) is 14.1. The maximum Gasteiger partial charge on any atom is 0.208 e. The molecule has 94 valence electrons. The average Bonchev–Trinajstić information content (AvgIpc) is 2.24. The number of morpholine rings is 1. The van der Waals surface area contributed by atoms with Crippen LogP contribution in [-0.4, -0.2) is 23.3 Å². The number of hydrogen-bond acceptors (Lipinski definition) is 3. The van der Waals surface area contributed by atoms with Crippen LogP contribution < -0.4 is 5.32 Å². The minimum atomic E-state index is -1.23. The molecule has 1 aliphatic heterocycles. The van der Waals surface area contributed by atoms with Crippen LogP contribution in [-0.2, 0) is 10.5 Å². The number of nitrogens with one attached hydrogen (secondary N) is 1. The Kier molecular flexibility index (Phi) is 3.02. The second-order valence-electron chi connectivity index (χ2n) is 5.60. The third-order valence-electron chi connectivity index (χ3n) is 3.28. The molecular formula is C14H21NO2. The van der Waals surface area contributed by atoms with Crippen molar-refractivity contribution in [1.29, 1.82) is 0 Å². The first-order valence-electron chi connectivity index (χ1n) is 6.05. The SMILES string of the molecule is Cc1cccc([C@@]2(O)OCC(C)(C)NC2C)c1. The van der Waals surface area contributed by atoms with Gasteiger partial charge in [-0.25, -0.2) is 0 Å². The fourth-order valence-corrected chi connectivity index (χ4v) is 2.34. The van der Waals surface area contributed by atoms with Gasteiger partial charge in [0.15, 0.2) is 0 Å². The molecule has 2 atom stereocenters. The molecule has 1 heterocycles. The lowest BCUT2D eigenvalue weighted by atomic mass is 9.92. The van der Waals surface area contributed by atoms with E-state index in [0.717, 1.165) is 11.1 Å². The van der Waals surface area contributed by atoms with Crippen LogP contribution in [0.1, 0.15) is 31.9 Å². The first-order chi connectivity index (χ1) is 7.83. The van der Waals surface area contributed by atoms with Gasteiger partial charge >= 0.3 is 0 Å². The molecule has 0 amide bonds. The summed E-state index contributed by atoms with van der Waals surface area (Å²) < 4.78 is 5.73. The van der Waals surface area contributed by atoms with Crippen molar-refractivity contribution in [3.05, 3.63) is 35.4 Å². The number of benzene rings is 1. The molecule has 2 rings (SSSR count). The second kappa shape index (κ2) is 4.09. The van der Waals surface area contributed by atoms with Gasteiger partial charge in [-0.3, -0.25) is 0 Å². The Morgan fingerprint density at radius 3 is 2.71 bits per heavy atom. The Balaban J connectivity index is 2.31. The van der Waals surface area contributed by atoms with Gasteiger partial charge in [0.25, 0.3) is 0 Å². The van der Waals surface area contributed by atoms with Crippen LogP contribution in [0.5, 0.6) is 0 Å². The normalized spacial score (nSPS) is 32.4. The molecule has 0 aromatic heterocycles. The third kappa shape index (κ3) is 2.37. The van der Waals surface area contributed by atoms with Crippen LogP contribution >= 0.6 is 0 Å². The molecule has 0 aliphatic carbocycles. The Hall–Kier alpha value is -0.900. The van der Waals surface area contributed by atoms with Gasteiger partial charge in [0.05, 0.1) is 12.6 Å². The van der Waals surface area contributed by atoms with Crippen molar-refractivity contribution in [2.45, 2.75) is 45.1 Å². The Labute approximate surface area is 103 Å². The van der Waals surface area contributed by atoms with Crippen molar-refractivity contribution in [2.75, 3.05) is 6.61 Å². The van der Waals surface area contributed by atoms with Crippen molar-refractivity contribution in [1.82, 2.24) is 5.32 Å². The zero-order valence-electron chi connectivity index (χ0n) is 10.9. The summed E-state index contributed by atoms with van der Waals surface area (Å²) >= 11 is 0. The smallest absolute Gasteiger partial charge is 0.208 e. The maximum atomic E-state index is 10.7. The fraction of sp³-hybridized carbons (Fsp3) is 0.571. The topological polar surface area (TPSA) is 41.5 Å². The van der Waals surface area contributed by atoms with Crippen molar-refractivity contribution >= 4 is 0 Å². The summed E-state index contributed by atoms with van der Waals surface area (Å²) in [6.07, 6.45) is 0. The van der Waals surface area contributed by atoms with E-state index >= 15 is 0 Å². The zero-order valence-corrected chi connectivity index (χ0v) is 10.9. The van der Waals surface area contributed by atoms with E-state index in [1.807, 2.05) is 38.1 Å². The summed E-state index contributed by atoms with van der Waals surface area (Å²) in [5.74, 6) is -1.23. The molecule has 0 bridgehead atoms. The lowest BCUT2D eigenvalue weighted by Crippen LogP contribution is -2.63. The van der Waals surface area contributed by atoms with Crippen LogP contribution in [0.15, 0.2) is 24.3 Å². The van der Waals surface area contributed by atoms with Crippen LogP contribution in [0.3, 0.4) is 0 Å². The molecule has 2 N–H and O–H groups in total. The molecule has 3 heteroatoms. The average molecular weight is 235 g/mol. The van der Waals surface area contributed by atoms with Gasteiger partial charge < -0.3 is 15.2 Å². The monoisotopic (exact) mass is 235 g/mol. The van der Waals surface area contributed by atoms with Gasteiger partial charge in [-0.05, 0) is 27.7 Å². The highest BCUT2D eigenvalue weighted by atomic mass is 16.6. The molecule has 0 radical (unpaired) electrons. The van der Waals surface area contributed by atoms with Crippen LogP contribution in [0.2, 0.25) is 0 Å². The van der Waals surface area contributed by atoms with Gasteiger partial charge in [-0.1, -0.05) is 29.8 Å². The van der Waals surface area contributed by atoms with E-state index in [2.05, 4.69) is 19.2 Å². The zero-order chi connectivity index (χ0) is 12.7. The van der Waals surface area contributed by atoms with Crippen molar-refractivity contribution < 1.29 is 9.84 Å². The van der Waals surface area contributed by atoms with Crippen LogP contribution in [0, 0.1) is 6.92 Å². The fourth-order valence-electron chi connectivity index (χ4n) is 2.34. The number of aryl methyl sites for hydroxylation is 1.